The van der Waals surface area contributed by atoms with Gasteiger partial charge in [-0.15, -0.1) is 0 Å². The van der Waals surface area contributed by atoms with Crippen LogP contribution in [0.1, 0.15) is 12.6 Å². The number of rotatable bonds is 6. The molecule has 1 aliphatic heterocycles. The van der Waals surface area contributed by atoms with Gasteiger partial charge in [-0.1, -0.05) is 4.98 Å². The summed E-state index contributed by atoms with van der Waals surface area (Å²) in [5.41, 5.74) is 5.00. The van der Waals surface area contributed by atoms with E-state index in [9.17, 15) is 33.1 Å². The highest BCUT2D eigenvalue weighted by Gasteiger charge is 2.46. The van der Waals surface area contributed by atoms with Crippen molar-refractivity contribution in [1.29, 1.82) is 0 Å². The molecule has 13 nitrogen and oxygen atoms in total. The first-order valence-corrected chi connectivity index (χ1v) is 9.56. The molecule has 3 heterocycles. The number of nitrogen functional groups attached to an aromatic ring is 1. The smallest absolute Gasteiger partial charge is 0.313 e. The van der Waals surface area contributed by atoms with Gasteiger partial charge in [-0.3, -0.25) is 14.3 Å². The Kier molecular flexibility index (Phi) is 5.20. The van der Waals surface area contributed by atoms with Gasteiger partial charge in [0.1, 0.15) is 18.3 Å². The van der Waals surface area contributed by atoms with Crippen LogP contribution in [0.2, 0.25) is 0 Å². The van der Waals surface area contributed by atoms with E-state index in [1.54, 1.807) is 0 Å². The van der Waals surface area contributed by atoms with E-state index in [2.05, 4.69) is 9.97 Å². The molecule has 0 saturated carbocycles. The maximum atomic E-state index is 12.3. The number of hydrogen-bond acceptors (Lipinski definition) is 10. The Hall–Kier alpha value is -2.10. The monoisotopic (exact) mass is 405 g/mol. The Balaban J connectivity index is 2.04. The van der Waals surface area contributed by atoms with Crippen molar-refractivity contribution in [1.82, 2.24) is 14.5 Å². The number of aromatic amines is 1. The number of nitrogens with zero attached hydrogens (tertiary/aromatic N) is 3. The summed E-state index contributed by atoms with van der Waals surface area (Å²) >= 11 is 0. The Morgan fingerprint density at radius 3 is 2.70 bits per heavy atom. The van der Waals surface area contributed by atoms with E-state index in [0.717, 1.165) is 0 Å². The van der Waals surface area contributed by atoms with Gasteiger partial charge in [0.2, 0.25) is 11.7 Å². The maximum absolute atomic E-state index is 12.3. The zero-order valence-electron chi connectivity index (χ0n) is 13.9. The van der Waals surface area contributed by atoms with Gasteiger partial charge >= 0.3 is 5.65 Å². The highest BCUT2D eigenvalue weighted by Crippen LogP contribution is 2.26. The molecule has 3 rings (SSSR count). The Bertz CT molecular complexity index is 1000. The highest BCUT2D eigenvalue weighted by molar-refractivity contribution is 7.85. The third kappa shape index (κ3) is 3.80. The quantitative estimate of drug-likeness (QED) is 0.233. The van der Waals surface area contributed by atoms with Crippen molar-refractivity contribution in [2.45, 2.75) is 37.5 Å². The fraction of sp³-hybridized carbons (Fsp3) is 0.615. The lowest BCUT2D eigenvalue weighted by atomic mass is 10.1. The molecule has 0 bridgehead atoms. The normalized spacial score (nSPS) is 26.1. The van der Waals surface area contributed by atoms with Gasteiger partial charge in [0, 0.05) is 5.75 Å². The van der Waals surface area contributed by atoms with Crippen molar-refractivity contribution in [2.24, 2.45) is 0 Å². The number of nitrogens with two attached hydrogens (primary N) is 1. The van der Waals surface area contributed by atoms with E-state index in [4.69, 9.17) is 10.5 Å². The van der Waals surface area contributed by atoms with Gasteiger partial charge < -0.3 is 30.3 Å². The summed E-state index contributed by atoms with van der Waals surface area (Å²) in [6.45, 7) is -0.542. The van der Waals surface area contributed by atoms with E-state index >= 15 is 0 Å². The molecular formula is C13H19N5O8S. The molecule has 0 aliphatic carbocycles. The molecule has 0 spiro atoms. The molecule has 14 heteroatoms. The third-order valence-electron chi connectivity index (χ3n) is 4.28. The Morgan fingerprint density at radius 1 is 1.41 bits per heavy atom. The van der Waals surface area contributed by atoms with Crippen LogP contribution >= 0.6 is 0 Å². The van der Waals surface area contributed by atoms with Crippen LogP contribution in [-0.4, -0.2) is 73.5 Å². The number of aromatic nitrogens is 4. The van der Waals surface area contributed by atoms with Gasteiger partial charge in [-0.25, -0.2) is 13.0 Å². The Labute approximate surface area is 152 Å². The maximum Gasteiger partial charge on any atom is 0.313 e. The fourth-order valence-corrected chi connectivity index (χ4v) is 3.53. The molecule has 2 aromatic heterocycles. The van der Waals surface area contributed by atoms with Crippen molar-refractivity contribution in [3.8, 4) is 0 Å². The molecular weight excluding hydrogens is 386 g/mol. The summed E-state index contributed by atoms with van der Waals surface area (Å²) in [6.07, 6.45) is -3.72. The third-order valence-corrected chi connectivity index (χ3v) is 5.06. The van der Waals surface area contributed by atoms with Crippen LogP contribution in [0, 0.1) is 0 Å². The predicted molar refractivity (Wildman–Crippen MR) is 87.2 cm³/mol. The van der Waals surface area contributed by atoms with Crippen LogP contribution in [0.4, 0.5) is 5.95 Å². The molecule has 1 aliphatic rings. The van der Waals surface area contributed by atoms with Crippen LogP contribution in [0.25, 0.3) is 11.2 Å². The van der Waals surface area contributed by atoms with E-state index in [-0.39, 0.29) is 30.1 Å². The van der Waals surface area contributed by atoms with Crippen molar-refractivity contribution in [3.05, 3.63) is 16.7 Å². The number of hydrogen-bond donors (Lipinski definition) is 5. The molecule has 0 amide bonds. The number of aryl methyl sites for hydroxylation is 1. The zero-order valence-corrected chi connectivity index (χ0v) is 14.7. The number of fused-ring (bicyclic) bond motifs is 1. The van der Waals surface area contributed by atoms with Gasteiger partial charge in [0.15, 0.2) is 6.33 Å². The molecule has 150 valence electrons. The first-order valence-electron chi connectivity index (χ1n) is 7.98. The van der Waals surface area contributed by atoms with E-state index in [1.165, 1.54) is 15.5 Å². The molecule has 27 heavy (non-hydrogen) atoms. The minimum absolute atomic E-state index is 0.00551. The number of nitrogens with one attached hydrogen (secondary N) is 1. The lowest BCUT2D eigenvalue weighted by molar-refractivity contribution is -0.746. The number of anilines is 1. The van der Waals surface area contributed by atoms with Crippen molar-refractivity contribution in [2.75, 3.05) is 18.1 Å². The van der Waals surface area contributed by atoms with Crippen LogP contribution in [0.5, 0.6) is 0 Å². The van der Waals surface area contributed by atoms with Gasteiger partial charge in [-0.05, 0) is 6.42 Å². The van der Waals surface area contributed by atoms with Gasteiger partial charge in [0.25, 0.3) is 11.5 Å². The molecule has 0 radical (unpaired) electrons. The summed E-state index contributed by atoms with van der Waals surface area (Å²) in [5.74, 6) is -0.825. The lowest BCUT2D eigenvalue weighted by Gasteiger charge is -2.12. The predicted octanol–water partition coefficient (Wildman–Crippen LogP) is -3.86. The van der Waals surface area contributed by atoms with E-state index in [1.807, 2.05) is 0 Å². The molecule has 1 fully saturated rings. The molecule has 0 aromatic carbocycles. The second-order valence-electron chi connectivity index (χ2n) is 6.18. The second-order valence-corrected chi connectivity index (χ2v) is 7.71. The van der Waals surface area contributed by atoms with Crippen LogP contribution in [-0.2, 0) is 21.4 Å². The standard InChI is InChI=1S/C13H19N5O8S/c14-13-15-10-7(11(22)16-13)17(2-1-3-27(23,24)25)5-18(10)12-9(21)8(20)6(4-19)26-12/h5-6,8-9,12,19-21H,1-4H2,(H3-,14,15,16,22,23,24,25)/t6-,8-,9-,12-/m1/s1. The summed E-state index contributed by atoms with van der Waals surface area (Å²) in [4.78, 5) is 18.6. The second kappa shape index (κ2) is 7.14. The molecule has 0 unspecified atom stereocenters. The van der Waals surface area contributed by atoms with Crippen molar-refractivity contribution in [3.63, 3.8) is 0 Å². The summed E-state index contributed by atoms with van der Waals surface area (Å²) in [6, 6.07) is 0. The average molecular weight is 405 g/mol. The average Bonchev–Trinajstić information content (AvgIpc) is 3.05. The summed E-state index contributed by atoms with van der Waals surface area (Å²) in [7, 11) is -4.42. The summed E-state index contributed by atoms with van der Waals surface area (Å²) < 4.78 is 40.4. The molecule has 4 atom stereocenters. The van der Waals surface area contributed by atoms with Gasteiger partial charge in [0.05, 0.1) is 23.3 Å². The number of aliphatic hydroxyl groups is 3. The lowest BCUT2D eigenvalue weighted by Crippen LogP contribution is -2.46. The van der Waals surface area contributed by atoms with Gasteiger partial charge in [-0.2, -0.15) is 0 Å². The SMILES string of the molecule is Nc1nc2c(c(=O)[nH]1)n(CCCS(=O)(=O)[O-])c[n+]2[C@@H]1O[C@H](CO)[C@@H](O)[C@H]1O. The van der Waals surface area contributed by atoms with Crippen LogP contribution < -0.4 is 15.9 Å². The van der Waals surface area contributed by atoms with Crippen LogP contribution in [0.15, 0.2) is 11.1 Å². The zero-order chi connectivity index (χ0) is 19.9. The van der Waals surface area contributed by atoms with Crippen molar-refractivity contribution >= 4 is 27.2 Å². The Morgan fingerprint density at radius 2 is 2.11 bits per heavy atom. The molecule has 1 saturated heterocycles. The first kappa shape index (κ1) is 19.7. The minimum atomic E-state index is -4.42. The first-order chi connectivity index (χ1) is 12.6. The summed E-state index contributed by atoms with van der Waals surface area (Å²) in [5, 5.41) is 29.4. The highest BCUT2D eigenvalue weighted by atomic mass is 32.2. The van der Waals surface area contributed by atoms with Crippen molar-refractivity contribution < 1.29 is 37.6 Å². The molecule has 6 N–H and O–H groups in total. The minimum Gasteiger partial charge on any atom is -0.748 e. The van der Waals surface area contributed by atoms with E-state index in [0.29, 0.717) is 0 Å². The number of H-pyrrole nitrogens is 1. The fourth-order valence-electron chi connectivity index (χ4n) is 3.05. The molecule has 2 aromatic rings. The van der Waals surface area contributed by atoms with Crippen LogP contribution in [0.3, 0.4) is 0 Å². The topological polar surface area (TPSA) is 208 Å². The number of imidazole rings is 1. The number of ether oxygens (including phenoxy) is 1. The van der Waals surface area contributed by atoms with E-state index < -0.39 is 52.6 Å². The largest absolute Gasteiger partial charge is 0.748 e. The number of aliphatic hydroxyl groups excluding tert-OH is 3.